The Labute approximate surface area is 143 Å². The van der Waals surface area contributed by atoms with Crippen LogP contribution in [0.1, 0.15) is 19.3 Å². The Balaban J connectivity index is 1.67. The fourth-order valence-electron chi connectivity index (χ4n) is 2.66. The summed E-state index contributed by atoms with van der Waals surface area (Å²) in [6.45, 7) is 3.61. The molecule has 8 heteroatoms. The third-order valence-corrected chi connectivity index (χ3v) is 4.05. The molecule has 1 aromatic rings. The van der Waals surface area contributed by atoms with E-state index >= 15 is 0 Å². The highest BCUT2D eigenvalue weighted by atomic mass is 16.2. The number of hydrogen-bond donors (Lipinski definition) is 3. The number of carbonyl (C=O) groups is 2. The van der Waals surface area contributed by atoms with E-state index in [-0.39, 0.29) is 18.4 Å². The van der Waals surface area contributed by atoms with Crippen LogP contribution < -0.4 is 16.0 Å². The quantitative estimate of drug-likeness (QED) is 0.585. The van der Waals surface area contributed by atoms with Gasteiger partial charge in [0, 0.05) is 25.7 Å². The number of rotatable bonds is 9. The molecule has 0 bridgehead atoms. The van der Waals surface area contributed by atoms with Crippen LogP contribution in [0.25, 0.3) is 0 Å². The number of aromatic nitrogens is 2. The third-order valence-electron chi connectivity index (χ3n) is 4.05. The zero-order valence-electron chi connectivity index (χ0n) is 14.5. The van der Waals surface area contributed by atoms with Gasteiger partial charge in [0.2, 0.25) is 11.8 Å². The van der Waals surface area contributed by atoms with Crippen molar-refractivity contribution in [2.45, 2.75) is 25.8 Å². The van der Waals surface area contributed by atoms with Crippen LogP contribution >= 0.6 is 0 Å². The third kappa shape index (κ3) is 6.67. The molecule has 1 aliphatic rings. The van der Waals surface area contributed by atoms with Crippen molar-refractivity contribution in [3.05, 3.63) is 12.4 Å². The maximum atomic E-state index is 12.0. The zero-order chi connectivity index (χ0) is 17.4. The van der Waals surface area contributed by atoms with E-state index in [1.165, 1.54) is 4.68 Å². The predicted octanol–water partition coefficient (Wildman–Crippen LogP) is -0.111. The molecule has 24 heavy (non-hydrogen) atoms. The summed E-state index contributed by atoms with van der Waals surface area (Å²) in [5, 5.41) is 13.1. The standard InChI is InChI=1S/C16H28N6O2/c1-21(2)8-7-18-16(24)12-22-11-14(10-19-22)20-15(23)4-3-13-5-6-17-9-13/h10-11,13,17H,3-9,12H2,1-2H3,(H,18,24)(H,20,23). The normalized spacial score (nSPS) is 17.2. The molecule has 0 aliphatic carbocycles. The molecule has 2 rings (SSSR count). The van der Waals surface area contributed by atoms with E-state index in [4.69, 9.17) is 0 Å². The molecule has 0 saturated carbocycles. The highest BCUT2D eigenvalue weighted by Crippen LogP contribution is 2.15. The molecule has 134 valence electrons. The number of amides is 2. The van der Waals surface area contributed by atoms with Gasteiger partial charge in [-0.15, -0.1) is 0 Å². The van der Waals surface area contributed by atoms with Crippen molar-refractivity contribution < 1.29 is 9.59 Å². The van der Waals surface area contributed by atoms with Crippen molar-refractivity contribution in [1.82, 2.24) is 25.3 Å². The predicted molar refractivity (Wildman–Crippen MR) is 92.6 cm³/mol. The van der Waals surface area contributed by atoms with Crippen LogP contribution in [0.5, 0.6) is 0 Å². The van der Waals surface area contributed by atoms with Crippen LogP contribution in [0, 0.1) is 5.92 Å². The van der Waals surface area contributed by atoms with E-state index < -0.39 is 0 Å². The monoisotopic (exact) mass is 336 g/mol. The first kappa shape index (κ1) is 18.4. The molecule has 1 atom stereocenters. The van der Waals surface area contributed by atoms with E-state index in [2.05, 4.69) is 21.0 Å². The lowest BCUT2D eigenvalue weighted by molar-refractivity contribution is -0.121. The molecule has 8 nitrogen and oxygen atoms in total. The molecule has 1 fully saturated rings. The molecular weight excluding hydrogens is 308 g/mol. The molecule has 0 radical (unpaired) electrons. The molecule has 0 aromatic carbocycles. The lowest BCUT2D eigenvalue weighted by Gasteiger charge is -2.10. The topological polar surface area (TPSA) is 91.3 Å². The Hall–Kier alpha value is -1.93. The second kappa shape index (κ2) is 9.39. The lowest BCUT2D eigenvalue weighted by Crippen LogP contribution is -2.33. The lowest BCUT2D eigenvalue weighted by atomic mass is 10.0. The van der Waals surface area contributed by atoms with E-state index in [0.29, 0.717) is 24.6 Å². The largest absolute Gasteiger partial charge is 0.353 e. The zero-order valence-corrected chi connectivity index (χ0v) is 14.5. The van der Waals surface area contributed by atoms with Crippen LogP contribution in [0.4, 0.5) is 5.69 Å². The summed E-state index contributed by atoms with van der Waals surface area (Å²) in [5.74, 6) is 0.507. The number of hydrogen-bond acceptors (Lipinski definition) is 5. The number of likely N-dealkylation sites (N-methyl/N-ethyl adjacent to an activating group) is 1. The van der Waals surface area contributed by atoms with Gasteiger partial charge in [0.25, 0.3) is 0 Å². The van der Waals surface area contributed by atoms with Crippen LogP contribution in [-0.4, -0.2) is 66.8 Å². The van der Waals surface area contributed by atoms with Crippen molar-refractivity contribution in [1.29, 1.82) is 0 Å². The van der Waals surface area contributed by atoms with Crippen molar-refractivity contribution >= 4 is 17.5 Å². The first-order chi connectivity index (χ1) is 11.5. The molecule has 2 heterocycles. The van der Waals surface area contributed by atoms with Crippen LogP contribution in [0.3, 0.4) is 0 Å². The Morgan fingerprint density at radius 1 is 1.42 bits per heavy atom. The van der Waals surface area contributed by atoms with E-state index in [1.807, 2.05) is 19.0 Å². The van der Waals surface area contributed by atoms with Gasteiger partial charge in [0.15, 0.2) is 0 Å². The molecule has 1 saturated heterocycles. The minimum Gasteiger partial charge on any atom is -0.353 e. The molecule has 2 amide bonds. The van der Waals surface area contributed by atoms with Gasteiger partial charge in [-0.1, -0.05) is 0 Å². The number of nitrogens with zero attached hydrogens (tertiary/aromatic N) is 3. The number of carbonyl (C=O) groups excluding carboxylic acids is 2. The molecule has 1 aromatic heterocycles. The van der Waals surface area contributed by atoms with E-state index in [0.717, 1.165) is 32.5 Å². The average molecular weight is 336 g/mol. The second-order valence-corrected chi connectivity index (χ2v) is 6.53. The smallest absolute Gasteiger partial charge is 0.241 e. The maximum Gasteiger partial charge on any atom is 0.241 e. The highest BCUT2D eigenvalue weighted by Gasteiger charge is 2.16. The first-order valence-electron chi connectivity index (χ1n) is 8.47. The Morgan fingerprint density at radius 2 is 2.25 bits per heavy atom. The fourth-order valence-corrected chi connectivity index (χ4v) is 2.66. The minimum atomic E-state index is -0.0911. The van der Waals surface area contributed by atoms with Crippen LogP contribution in [-0.2, 0) is 16.1 Å². The minimum absolute atomic E-state index is 0.00288. The number of nitrogens with one attached hydrogen (secondary N) is 3. The van der Waals surface area contributed by atoms with E-state index in [9.17, 15) is 9.59 Å². The van der Waals surface area contributed by atoms with Crippen molar-refractivity contribution in [3.63, 3.8) is 0 Å². The Morgan fingerprint density at radius 3 is 2.96 bits per heavy atom. The SMILES string of the molecule is CN(C)CCNC(=O)Cn1cc(NC(=O)CCC2CCNC2)cn1. The molecule has 0 spiro atoms. The Kier molecular flexibility index (Phi) is 7.20. The first-order valence-corrected chi connectivity index (χ1v) is 8.47. The summed E-state index contributed by atoms with van der Waals surface area (Å²) in [6, 6.07) is 0. The van der Waals surface area contributed by atoms with Crippen molar-refractivity contribution in [2.75, 3.05) is 45.6 Å². The van der Waals surface area contributed by atoms with Crippen molar-refractivity contribution in [3.8, 4) is 0 Å². The summed E-state index contributed by atoms with van der Waals surface area (Å²) in [6.07, 6.45) is 5.82. The van der Waals surface area contributed by atoms with Gasteiger partial charge in [0.05, 0.1) is 11.9 Å². The van der Waals surface area contributed by atoms with Crippen LogP contribution in [0.2, 0.25) is 0 Å². The summed E-state index contributed by atoms with van der Waals surface area (Å²) >= 11 is 0. The molecular formula is C16H28N6O2. The van der Waals surface area contributed by atoms with Gasteiger partial charge in [-0.05, 0) is 45.9 Å². The van der Waals surface area contributed by atoms with Crippen LogP contribution in [0.15, 0.2) is 12.4 Å². The Bertz CT molecular complexity index is 536. The van der Waals surface area contributed by atoms with Crippen molar-refractivity contribution in [2.24, 2.45) is 5.92 Å². The maximum absolute atomic E-state index is 12.0. The molecule has 1 aliphatic heterocycles. The van der Waals surface area contributed by atoms with Gasteiger partial charge in [-0.2, -0.15) is 5.10 Å². The average Bonchev–Trinajstić information content (AvgIpc) is 3.16. The van der Waals surface area contributed by atoms with Gasteiger partial charge in [-0.25, -0.2) is 0 Å². The summed E-state index contributed by atoms with van der Waals surface area (Å²) in [4.78, 5) is 25.7. The van der Waals surface area contributed by atoms with Gasteiger partial charge >= 0.3 is 0 Å². The second-order valence-electron chi connectivity index (χ2n) is 6.53. The summed E-state index contributed by atoms with van der Waals surface area (Å²) < 4.78 is 1.53. The number of anilines is 1. The van der Waals surface area contributed by atoms with E-state index in [1.54, 1.807) is 12.4 Å². The highest BCUT2D eigenvalue weighted by molar-refractivity contribution is 5.90. The molecule has 1 unspecified atom stereocenters. The summed E-state index contributed by atoms with van der Waals surface area (Å²) in [7, 11) is 3.91. The van der Waals surface area contributed by atoms with Gasteiger partial charge in [-0.3, -0.25) is 14.3 Å². The van der Waals surface area contributed by atoms with Gasteiger partial charge < -0.3 is 20.9 Å². The van der Waals surface area contributed by atoms with Gasteiger partial charge in [0.1, 0.15) is 6.54 Å². The molecule has 3 N–H and O–H groups in total. The summed E-state index contributed by atoms with van der Waals surface area (Å²) in [5.41, 5.74) is 0.630. The fraction of sp³-hybridized carbons (Fsp3) is 0.688.